The molecule has 1 aliphatic heterocycles. The molecule has 0 aromatic carbocycles. The highest BCUT2D eigenvalue weighted by Crippen LogP contribution is 2.28. The number of aromatic nitrogens is 2. The SMILES string of the molecule is c1nnc(C2CCCO2)s1. The standard InChI is InChI=1S/C6H8N2OS/c1-2-5(9-3-1)6-8-7-4-10-6/h4-5H,1-3H2. The Morgan fingerprint density at radius 1 is 1.70 bits per heavy atom. The second-order valence-electron chi connectivity index (χ2n) is 2.28. The van der Waals surface area contributed by atoms with Crippen molar-refractivity contribution in [1.82, 2.24) is 10.2 Å². The van der Waals surface area contributed by atoms with Gasteiger partial charge in [-0.25, -0.2) is 0 Å². The molecule has 1 saturated heterocycles. The van der Waals surface area contributed by atoms with Crippen LogP contribution in [0.5, 0.6) is 0 Å². The molecular weight excluding hydrogens is 148 g/mol. The fourth-order valence-corrected chi connectivity index (χ4v) is 1.73. The minimum atomic E-state index is 0.243. The van der Waals surface area contributed by atoms with E-state index in [1.807, 2.05) is 0 Å². The van der Waals surface area contributed by atoms with Crippen molar-refractivity contribution < 1.29 is 4.74 Å². The third-order valence-corrected chi connectivity index (χ3v) is 2.37. The van der Waals surface area contributed by atoms with Crippen molar-refractivity contribution in [3.05, 3.63) is 10.5 Å². The number of ether oxygens (including phenoxy) is 1. The third-order valence-electron chi connectivity index (χ3n) is 1.58. The number of hydrogen-bond acceptors (Lipinski definition) is 4. The summed E-state index contributed by atoms with van der Waals surface area (Å²) < 4.78 is 5.41. The molecule has 1 aromatic rings. The van der Waals surface area contributed by atoms with Gasteiger partial charge in [0.25, 0.3) is 0 Å². The lowest BCUT2D eigenvalue weighted by atomic mass is 10.2. The Labute approximate surface area is 63.0 Å². The zero-order valence-corrected chi connectivity index (χ0v) is 6.30. The molecular formula is C6H8N2OS. The van der Waals surface area contributed by atoms with E-state index < -0.39 is 0 Å². The molecule has 0 N–H and O–H groups in total. The average Bonchev–Trinajstić information content (AvgIpc) is 2.59. The summed E-state index contributed by atoms with van der Waals surface area (Å²) in [6.45, 7) is 0.879. The number of nitrogens with zero attached hydrogens (tertiary/aromatic N) is 2. The molecule has 1 atom stereocenters. The normalized spacial score (nSPS) is 25.4. The van der Waals surface area contributed by atoms with Gasteiger partial charge in [-0.1, -0.05) is 0 Å². The van der Waals surface area contributed by atoms with Crippen LogP contribution in [0.15, 0.2) is 5.51 Å². The van der Waals surface area contributed by atoms with E-state index in [1.165, 1.54) is 0 Å². The lowest BCUT2D eigenvalue weighted by Crippen LogP contribution is -1.93. The highest BCUT2D eigenvalue weighted by atomic mass is 32.1. The van der Waals surface area contributed by atoms with Crippen LogP contribution in [0.2, 0.25) is 0 Å². The predicted molar refractivity (Wildman–Crippen MR) is 37.8 cm³/mol. The summed E-state index contributed by atoms with van der Waals surface area (Å²) in [4.78, 5) is 0. The monoisotopic (exact) mass is 156 g/mol. The van der Waals surface area contributed by atoms with Gasteiger partial charge in [-0.2, -0.15) is 0 Å². The van der Waals surface area contributed by atoms with Gasteiger partial charge in [-0.05, 0) is 12.8 Å². The minimum Gasteiger partial charge on any atom is -0.371 e. The van der Waals surface area contributed by atoms with Gasteiger partial charge >= 0.3 is 0 Å². The molecule has 0 bridgehead atoms. The van der Waals surface area contributed by atoms with E-state index in [0.717, 1.165) is 24.5 Å². The van der Waals surface area contributed by atoms with Crippen molar-refractivity contribution in [3.63, 3.8) is 0 Å². The van der Waals surface area contributed by atoms with Crippen molar-refractivity contribution in [2.24, 2.45) is 0 Å². The molecule has 0 spiro atoms. The van der Waals surface area contributed by atoms with E-state index in [0.29, 0.717) is 0 Å². The minimum absolute atomic E-state index is 0.243. The Morgan fingerprint density at radius 3 is 3.30 bits per heavy atom. The van der Waals surface area contributed by atoms with Crippen LogP contribution in [-0.2, 0) is 4.74 Å². The molecule has 1 aliphatic rings. The van der Waals surface area contributed by atoms with Gasteiger partial charge in [0.05, 0.1) is 0 Å². The summed E-state index contributed by atoms with van der Waals surface area (Å²) in [5.74, 6) is 0. The quantitative estimate of drug-likeness (QED) is 0.616. The van der Waals surface area contributed by atoms with Gasteiger partial charge in [0.2, 0.25) is 0 Å². The highest BCUT2D eigenvalue weighted by molar-refractivity contribution is 7.09. The highest BCUT2D eigenvalue weighted by Gasteiger charge is 2.19. The molecule has 4 heteroatoms. The molecule has 3 nitrogen and oxygen atoms in total. The lowest BCUT2D eigenvalue weighted by Gasteiger charge is -2.01. The van der Waals surface area contributed by atoms with E-state index in [4.69, 9.17) is 4.74 Å². The maximum Gasteiger partial charge on any atom is 0.146 e. The first kappa shape index (κ1) is 6.24. The Kier molecular flexibility index (Phi) is 1.65. The van der Waals surface area contributed by atoms with Crippen LogP contribution < -0.4 is 0 Å². The Bertz CT molecular complexity index is 194. The fraction of sp³-hybridized carbons (Fsp3) is 0.667. The van der Waals surface area contributed by atoms with Crippen molar-refractivity contribution in [2.75, 3.05) is 6.61 Å². The van der Waals surface area contributed by atoms with E-state index >= 15 is 0 Å². The molecule has 2 rings (SSSR count). The molecule has 1 unspecified atom stereocenters. The molecule has 1 aromatic heterocycles. The topological polar surface area (TPSA) is 35.0 Å². The van der Waals surface area contributed by atoms with Crippen LogP contribution in [0.25, 0.3) is 0 Å². The molecule has 1 fully saturated rings. The Balaban J connectivity index is 2.12. The summed E-state index contributed by atoms with van der Waals surface area (Å²) in [6, 6.07) is 0. The summed E-state index contributed by atoms with van der Waals surface area (Å²) in [5, 5.41) is 8.72. The summed E-state index contributed by atoms with van der Waals surface area (Å²) in [7, 11) is 0. The van der Waals surface area contributed by atoms with Crippen LogP contribution in [0.3, 0.4) is 0 Å². The Hall–Kier alpha value is -0.480. The molecule has 0 amide bonds. The molecule has 54 valence electrons. The van der Waals surface area contributed by atoms with Crippen LogP contribution in [0, 0.1) is 0 Å². The van der Waals surface area contributed by atoms with Gasteiger partial charge in [0.1, 0.15) is 16.6 Å². The molecule has 0 aliphatic carbocycles. The van der Waals surface area contributed by atoms with Crippen molar-refractivity contribution in [1.29, 1.82) is 0 Å². The molecule has 2 heterocycles. The second-order valence-corrected chi connectivity index (χ2v) is 3.14. The van der Waals surface area contributed by atoms with Crippen molar-refractivity contribution in [2.45, 2.75) is 18.9 Å². The van der Waals surface area contributed by atoms with Crippen LogP contribution in [-0.4, -0.2) is 16.8 Å². The zero-order chi connectivity index (χ0) is 6.81. The predicted octanol–water partition coefficient (Wildman–Crippen LogP) is 1.39. The summed E-state index contributed by atoms with van der Waals surface area (Å²) in [5.41, 5.74) is 1.75. The van der Waals surface area contributed by atoms with Gasteiger partial charge in [-0.3, -0.25) is 0 Å². The van der Waals surface area contributed by atoms with Crippen LogP contribution >= 0.6 is 11.3 Å². The second kappa shape index (κ2) is 2.64. The van der Waals surface area contributed by atoms with Crippen molar-refractivity contribution >= 4 is 11.3 Å². The third kappa shape index (κ3) is 1.04. The first-order chi connectivity index (χ1) is 4.97. The average molecular weight is 156 g/mol. The fourth-order valence-electron chi connectivity index (χ4n) is 1.09. The number of rotatable bonds is 1. The molecule has 10 heavy (non-hydrogen) atoms. The maximum absolute atomic E-state index is 5.41. The van der Waals surface area contributed by atoms with E-state index in [9.17, 15) is 0 Å². The van der Waals surface area contributed by atoms with E-state index in [1.54, 1.807) is 16.8 Å². The van der Waals surface area contributed by atoms with Gasteiger partial charge < -0.3 is 4.74 Å². The van der Waals surface area contributed by atoms with Crippen LogP contribution in [0.1, 0.15) is 24.0 Å². The largest absolute Gasteiger partial charge is 0.371 e. The van der Waals surface area contributed by atoms with Crippen molar-refractivity contribution in [3.8, 4) is 0 Å². The van der Waals surface area contributed by atoms with Crippen LogP contribution in [0.4, 0.5) is 0 Å². The van der Waals surface area contributed by atoms with E-state index in [-0.39, 0.29) is 6.10 Å². The molecule has 0 saturated carbocycles. The molecule has 0 radical (unpaired) electrons. The van der Waals surface area contributed by atoms with Gasteiger partial charge in [0.15, 0.2) is 0 Å². The van der Waals surface area contributed by atoms with E-state index in [2.05, 4.69) is 10.2 Å². The first-order valence-electron chi connectivity index (χ1n) is 3.34. The number of hydrogen-bond donors (Lipinski definition) is 0. The van der Waals surface area contributed by atoms with Gasteiger partial charge in [-0.15, -0.1) is 21.5 Å². The van der Waals surface area contributed by atoms with Gasteiger partial charge in [0, 0.05) is 6.61 Å². The Morgan fingerprint density at radius 2 is 2.70 bits per heavy atom. The maximum atomic E-state index is 5.41. The summed E-state index contributed by atoms with van der Waals surface area (Å²) >= 11 is 1.57. The lowest BCUT2D eigenvalue weighted by molar-refractivity contribution is 0.111. The summed E-state index contributed by atoms with van der Waals surface area (Å²) in [6.07, 6.45) is 2.51. The zero-order valence-electron chi connectivity index (χ0n) is 5.49. The first-order valence-corrected chi connectivity index (χ1v) is 4.22. The smallest absolute Gasteiger partial charge is 0.146 e.